The second-order valence-electron chi connectivity index (χ2n) is 4.30. The Morgan fingerprint density at radius 1 is 1.25 bits per heavy atom. The van der Waals surface area contributed by atoms with E-state index in [9.17, 15) is 5.11 Å². The highest BCUT2D eigenvalue weighted by molar-refractivity contribution is 5.39. The Labute approximate surface area is 98.9 Å². The van der Waals surface area contributed by atoms with Crippen LogP contribution in [-0.2, 0) is 6.54 Å². The predicted molar refractivity (Wildman–Crippen MR) is 68.7 cm³/mol. The highest BCUT2D eigenvalue weighted by Gasteiger charge is 2.08. The van der Waals surface area contributed by atoms with Gasteiger partial charge >= 0.3 is 0 Å². The highest BCUT2D eigenvalue weighted by Crippen LogP contribution is 2.22. The second kappa shape index (κ2) is 6.54. The third kappa shape index (κ3) is 3.53. The zero-order valence-corrected chi connectivity index (χ0v) is 10.7. The Hall–Kier alpha value is -1.02. The number of phenolic OH excluding ortho intramolecular Hbond substituents is 1. The average Bonchev–Trinajstić information content (AvgIpc) is 2.30. The van der Waals surface area contributed by atoms with Gasteiger partial charge in [0.25, 0.3) is 0 Å². The first-order valence-electron chi connectivity index (χ1n) is 6.18. The maximum Gasteiger partial charge on any atom is 0.122 e. The van der Waals surface area contributed by atoms with Gasteiger partial charge in [0, 0.05) is 12.1 Å². The van der Waals surface area contributed by atoms with E-state index in [1.807, 2.05) is 25.1 Å². The molecule has 0 aliphatic heterocycles. The molecule has 0 saturated heterocycles. The molecule has 1 N–H and O–H groups in total. The van der Waals surface area contributed by atoms with Gasteiger partial charge in [-0.3, -0.25) is 4.90 Å². The van der Waals surface area contributed by atoms with Crippen LogP contribution >= 0.6 is 0 Å². The number of rotatable bonds is 6. The molecule has 0 heterocycles. The summed E-state index contributed by atoms with van der Waals surface area (Å²) in [5.41, 5.74) is 2.00. The zero-order chi connectivity index (χ0) is 12.0. The van der Waals surface area contributed by atoms with Gasteiger partial charge < -0.3 is 5.11 Å². The fraction of sp³-hybridized carbons (Fsp3) is 0.571. The van der Waals surface area contributed by atoms with Crippen LogP contribution in [-0.4, -0.2) is 23.1 Å². The topological polar surface area (TPSA) is 23.5 Å². The molecule has 0 aliphatic rings. The molecular formula is C14H23NO. The minimum Gasteiger partial charge on any atom is -0.507 e. The second-order valence-corrected chi connectivity index (χ2v) is 4.30. The molecule has 0 fully saturated rings. The van der Waals surface area contributed by atoms with Crippen molar-refractivity contribution in [3.63, 3.8) is 0 Å². The van der Waals surface area contributed by atoms with Gasteiger partial charge in [-0.2, -0.15) is 0 Å². The van der Waals surface area contributed by atoms with Crippen LogP contribution in [0.4, 0.5) is 0 Å². The number of aryl methyl sites for hydroxylation is 1. The van der Waals surface area contributed by atoms with Crippen LogP contribution in [0.3, 0.4) is 0 Å². The SMILES string of the molecule is CCCCN(CC)Cc1cccc(C)c1O. The van der Waals surface area contributed by atoms with Crippen molar-refractivity contribution >= 4 is 0 Å². The summed E-state index contributed by atoms with van der Waals surface area (Å²) in [6, 6.07) is 5.97. The average molecular weight is 221 g/mol. The normalized spacial score (nSPS) is 11.0. The van der Waals surface area contributed by atoms with Gasteiger partial charge in [0.15, 0.2) is 0 Å². The molecular weight excluding hydrogens is 198 g/mol. The fourth-order valence-electron chi connectivity index (χ4n) is 1.82. The molecule has 0 spiro atoms. The molecule has 1 rings (SSSR count). The van der Waals surface area contributed by atoms with Gasteiger partial charge in [-0.25, -0.2) is 0 Å². The molecule has 2 nitrogen and oxygen atoms in total. The zero-order valence-electron chi connectivity index (χ0n) is 10.7. The number of aromatic hydroxyl groups is 1. The van der Waals surface area contributed by atoms with E-state index in [1.165, 1.54) is 12.8 Å². The van der Waals surface area contributed by atoms with Gasteiger partial charge in [-0.1, -0.05) is 38.5 Å². The smallest absolute Gasteiger partial charge is 0.122 e. The van der Waals surface area contributed by atoms with Crippen LogP contribution in [0.5, 0.6) is 5.75 Å². The van der Waals surface area contributed by atoms with E-state index in [0.717, 1.165) is 30.8 Å². The number of nitrogens with zero attached hydrogens (tertiary/aromatic N) is 1. The lowest BCUT2D eigenvalue weighted by Crippen LogP contribution is -2.24. The third-order valence-corrected chi connectivity index (χ3v) is 2.99. The Balaban J connectivity index is 2.66. The summed E-state index contributed by atoms with van der Waals surface area (Å²) in [6.45, 7) is 9.32. The van der Waals surface area contributed by atoms with Crippen molar-refractivity contribution in [1.82, 2.24) is 4.90 Å². The quantitative estimate of drug-likeness (QED) is 0.796. The van der Waals surface area contributed by atoms with E-state index in [2.05, 4.69) is 18.7 Å². The molecule has 0 radical (unpaired) electrons. The monoisotopic (exact) mass is 221 g/mol. The fourth-order valence-corrected chi connectivity index (χ4v) is 1.82. The summed E-state index contributed by atoms with van der Waals surface area (Å²) in [6.07, 6.45) is 2.44. The molecule has 1 aromatic carbocycles. The molecule has 16 heavy (non-hydrogen) atoms. The molecule has 0 unspecified atom stereocenters. The van der Waals surface area contributed by atoms with Crippen molar-refractivity contribution in [3.05, 3.63) is 29.3 Å². The number of para-hydroxylation sites is 1. The van der Waals surface area contributed by atoms with Crippen LogP contribution in [0.15, 0.2) is 18.2 Å². The van der Waals surface area contributed by atoms with Gasteiger partial charge in [0.2, 0.25) is 0 Å². The predicted octanol–water partition coefficient (Wildman–Crippen LogP) is 3.32. The molecule has 1 aromatic rings. The van der Waals surface area contributed by atoms with Gasteiger partial charge in [-0.15, -0.1) is 0 Å². The number of hydrogen-bond acceptors (Lipinski definition) is 2. The highest BCUT2D eigenvalue weighted by atomic mass is 16.3. The van der Waals surface area contributed by atoms with E-state index in [4.69, 9.17) is 0 Å². The summed E-state index contributed by atoms with van der Waals surface area (Å²) < 4.78 is 0. The number of phenols is 1. The molecule has 0 aromatic heterocycles. The van der Waals surface area contributed by atoms with Crippen LogP contribution in [0.2, 0.25) is 0 Å². The van der Waals surface area contributed by atoms with Crippen molar-refractivity contribution in [3.8, 4) is 5.75 Å². The first kappa shape index (κ1) is 13.0. The molecule has 2 heteroatoms. The minimum absolute atomic E-state index is 0.456. The molecule has 0 amide bonds. The third-order valence-electron chi connectivity index (χ3n) is 2.99. The van der Waals surface area contributed by atoms with E-state index in [-0.39, 0.29) is 0 Å². The minimum atomic E-state index is 0.456. The number of hydrogen-bond donors (Lipinski definition) is 1. The Kier molecular flexibility index (Phi) is 5.33. The Morgan fingerprint density at radius 3 is 2.62 bits per heavy atom. The molecule has 90 valence electrons. The number of unbranched alkanes of at least 4 members (excludes halogenated alkanes) is 1. The van der Waals surface area contributed by atoms with Crippen molar-refractivity contribution in [1.29, 1.82) is 0 Å². The lowest BCUT2D eigenvalue weighted by Gasteiger charge is -2.21. The molecule has 0 bridgehead atoms. The standard InChI is InChI=1S/C14H23NO/c1-4-6-10-15(5-2)11-13-9-7-8-12(3)14(13)16/h7-9,16H,4-6,10-11H2,1-3H3. The Bertz CT molecular complexity index is 323. The van der Waals surface area contributed by atoms with Gasteiger partial charge in [0.1, 0.15) is 5.75 Å². The molecule has 0 aliphatic carbocycles. The molecule has 0 atom stereocenters. The summed E-state index contributed by atoms with van der Waals surface area (Å²) in [7, 11) is 0. The van der Waals surface area contributed by atoms with E-state index in [1.54, 1.807) is 0 Å². The number of benzene rings is 1. The lowest BCUT2D eigenvalue weighted by molar-refractivity contribution is 0.271. The first-order valence-corrected chi connectivity index (χ1v) is 6.18. The van der Waals surface area contributed by atoms with Crippen LogP contribution < -0.4 is 0 Å². The summed E-state index contributed by atoms with van der Waals surface area (Å²) in [5.74, 6) is 0.456. The maximum atomic E-state index is 9.94. The summed E-state index contributed by atoms with van der Waals surface area (Å²) in [5, 5.41) is 9.94. The lowest BCUT2D eigenvalue weighted by atomic mass is 10.1. The molecule has 0 saturated carbocycles. The van der Waals surface area contributed by atoms with Gasteiger partial charge in [-0.05, 0) is 32.0 Å². The maximum absolute atomic E-state index is 9.94. The van der Waals surface area contributed by atoms with Crippen LogP contribution in [0.25, 0.3) is 0 Å². The largest absolute Gasteiger partial charge is 0.507 e. The van der Waals surface area contributed by atoms with Gasteiger partial charge in [0.05, 0.1) is 0 Å². The summed E-state index contributed by atoms with van der Waals surface area (Å²) >= 11 is 0. The van der Waals surface area contributed by atoms with Crippen molar-refractivity contribution in [2.75, 3.05) is 13.1 Å². The first-order chi connectivity index (χ1) is 7.69. The van der Waals surface area contributed by atoms with Crippen LogP contribution in [0.1, 0.15) is 37.8 Å². The van der Waals surface area contributed by atoms with E-state index < -0.39 is 0 Å². The van der Waals surface area contributed by atoms with Crippen LogP contribution in [0, 0.1) is 6.92 Å². The van der Waals surface area contributed by atoms with Crippen molar-refractivity contribution < 1.29 is 5.11 Å². The van der Waals surface area contributed by atoms with Crippen molar-refractivity contribution in [2.24, 2.45) is 0 Å². The van der Waals surface area contributed by atoms with E-state index in [0.29, 0.717) is 5.75 Å². The van der Waals surface area contributed by atoms with Crippen molar-refractivity contribution in [2.45, 2.75) is 40.2 Å². The summed E-state index contributed by atoms with van der Waals surface area (Å²) in [4.78, 5) is 2.37. The van der Waals surface area contributed by atoms with E-state index >= 15 is 0 Å². The Morgan fingerprint density at radius 2 is 2.00 bits per heavy atom.